The minimum Gasteiger partial charge on any atom is -0.507 e. The zero-order chi connectivity index (χ0) is 39.5. The van der Waals surface area contributed by atoms with Crippen LogP contribution in [-0.2, 0) is 38.0 Å². The van der Waals surface area contributed by atoms with Gasteiger partial charge in [-0.05, 0) is 52.5 Å². The number of hydrogen-bond acceptors (Lipinski definition) is 15. The number of phenolic OH excluding ortho intramolecular Hbond substituents is 3. The van der Waals surface area contributed by atoms with E-state index in [1.807, 2.05) is 20.8 Å². The molecule has 2 aliphatic carbocycles. The highest BCUT2D eigenvalue weighted by Crippen LogP contribution is 2.57. The van der Waals surface area contributed by atoms with E-state index >= 15 is 0 Å². The summed E-state index contributed by atoms with van der Waals surface area (Å²) in [4.78, 5) is 41.0. The molecule has 0 bridgehead atoms. The summed E-state index contributed by atoms with van der Waals surface area (Å²) in [5.74, 6) is -6.21. The van der Waals surface area contributed by atoms with E-state index in [-0.39, 0.29) is 59.5 Å². The Morgan fingerprint density at radius 1 is 0.764 bits per heavy atom. The number of ether oxygens (including phenoxy) is 7. The van der Waals surface area contributed by atoms with E-state index < -0.39 is 94.6 Å². The number of carbonyl (C=O) groups excluding carboxylic acids is 3. The first-order chi connectivity index (χ1) is 26.2. The standard InChI is InChI=1S/C40H50O15/c1-6-40(48)16-25(30-31(34(40)39(47)49-5)38(46)32-33(37(30)45)36(44)29-20(35(32)43)8-7-9-22(29)42)55-28-15-12-24(19(4)52-28)54-27-14-11-23(18(3)51-27)53-26-13-10-21(41)17(2)50-26/h7-9,17-19,21,23-28,34,41-42,45-46,48H,6,10-16H2,1-5H3/t17?,18?,19?,21?,23?,24?,25-,26?,27?,28?,34-,40+/m0/s1. The van der Waals surface area contributed by atoms with Gasteiger partial charge in [-0.1, -0.05) is 19.1 Å². The SMILES string of the molecule is CC[C@@]1(O)C[C@H](OC2CCC(OC3CCC(OC4CCC(O)C(C)O4)C(C)O3)C(C)O2)c2c(O)c3c(c(O)c2[C@H]1C(=O)OC)C(=O)c1cccc(O)c1C3=O. The van der Waals surface area contributed by atoms with Crippen molar-refractivity contribution in [1.82, 2.24) is 0 Å². The highest BCUT2D eigenvalue weighted by molar-refractivity contribution is 6.31. The number of fused-ring (bicyclic) bond motifs is 3. The molecule has 3 saturated heterocycles. The lowest BCUT2D eigenvalue weighted by atomic mass is 9.66. The van der Waals surface area contributed by atoms with E-state index in [0.717, 1.165) is 7.11 Å². The van der Waals surface area contributed by atoms with E-state index in [0.29, 0.717) is 38.5 Å². The number of rotatable bonds is 8. The van der Waals surface area contributed by atoms with Crippen LogP contribution in [-0.4, -0.2) is 111 Å². The van der Waals surface area contributed by atoms with Crippen LogP contribution in [0.25, 0.3) is 0 Å². The number of aliphatic hydroxyl groups excluding tert-OH is 1. The molecule has 7 rings (SSSR count). The Labute approximate surface area is 318 Å². The van der Waals surface area contributed by atoms with Crippen LogP contribution in [0.3, 0.4) is 0 Å². The molecule has 0 spiro atoms. The Balaban J connectivity index is 1.09. The molecule has 55 heavy (non-hydrogen) atoms. The third-order valence-corrected chi connectivity index (χ3v) is 12.0. The van der Waals surface area contributed by atoms with Gasteiger partial charge in [0, 0.05) is 42.4 Å². The Kier molecular flexibility index (Phi) is 11.0. The van der Waals surface area contributed by atoms with Gasteiger partial charge in [-0.3, -0.25) is 14.4 Å². The van der Waals surface area contributed by atoms with Gasteiger partial charge in [0.05, 0.1) is 72.1 Å². The number of aromatic hydroxyl groups is 3. The average Bonchev–Trinajstić information content (AvgIpc) is 3.15. The first-order valence-electron chi connectivity index (χ1n) is 19.1. The van der Waals surface area contributed by atoms with Gasteiger partial charge in [0.25, 0.3) is 0 Å². The van der Waals surface area contributed by atoms with E-state index in [1.54, 1.807) is 6.92 Å². The number of hydrogen-bond donors (Lipinski definition) is 5. The molecule has 15 nitrogen and oxygen atoms in total. The molecule has 3 heterocycles. The highest BCUT2D eigenvalue weighted by Gasteiger charge is 2.55. The molecular formula is C40H50O15. The smallest absolute Gasteiger partial charge is 0.316 e. The van der Waals surface area contributed by atoms with Gasteiger partial charge >= 0.3 is 5.97 Å². The monoisotopic (exact) mass is 770 g/mol. The number of esters is 1. The van der Waals surface area contributed by atoms with Crippen LogP contribution in [0.5, 0.6) is 17.2 Å². The second-order valence-electron chi connectivity index (χ2n) is 15.3. The Morgan fingerprint density at radius 3 is 1.87 bits per heavy atom. The Hall–Kier alpha value is -3.67. The van der Waals surface area contributed by atoms with Gasteiger partial charge in [0.15, 0.2) is 24.7 Å². The molecule has 0 radical (unpaired) electrons. The maximum atomic E-state index is 13.8. The lowest BCUT2D eigenvalue weighted by molar-refractivity contribution is -0.306. The van der Waals surface area contributed by atoms with Crippen LogP contribution < -0.4 is 0 Å². The van der Waals surface area contributed by atoms with Crippen LogP contribution in [0.15, 0.2) is 18.2 Å². The van der Waals surface area contributed by atoms with Crippen molar-refractivity contribution in [1.29, 1.82) is 0 Å². The molecule has 0 amide bonds. The summed E-state index contributed by atoms with van der Waals surface area (Å²) < 4.78 is 42.3. The van der Waals surface area contributed by atoms with Crippen molar-refractivity contribution < 1.29 is 73.1 Å². The molecule has 9 unspecified atom stereocenters. The third kappa shape index (κ3) is 7.03. The third-order valence-electron chi connectivity index (χ3n) is 12.0. The van der Waals surface area contributed by atoms with Crippen molar-refractivity contribution in [2.24, 2.45) is 0 Å². The molecule has 0 aromatic heterocycles. The van der Waals surface area contributed by atoms with Crippen molar-refractivity contribution in [2.45, 2.75) is 152 Å². The van der Waals surface area contributed by atoms with E-state index in [9.17, 15) is 39.9 Å². The van der Waals surface area contributed by atoms with Gasteiger partial charge in [-0.15, -0.1) is 0 Å². The quantitative estimate of drug-likeness (QED) is 0.161. The largest absolute Gasteiger partial charge is 0.507 e. The fourth-order valence-electron chi connectivity index (χ4n) is 8.81. The normalized spacial score (nSPS) is 36.1. The lowest BCUT2D eigenvalue weighted by Crippen LogP contribution is -2.49. The molecule has 3 fully saturated rings. The topological polar surface area (TPSA) is 217 Å². The van der Waals surface area contributed by atoms with Crippen LogP contribution in [0.1, 0.15) is 134 Å². The second-order valence-corrected chi connectivity index (χ2v) is 15.3. The molecule has 2 aromatic carbocycles. The molecule has 3 aliphatic heterocycles. The highest BCUT2D eigenvalue weighted by atomic mass is 16.7. The van der Waals surface area contributed by atoms with E-state index in [2.05, 4.69) is 0 Å². The molecule has 5 aliphatic rings. The van der Waals surface area contributed by atoms with Crippen molar-refractivity contribution in [2.75, 3.05) is 7.11 Å². The summed E-state index contributed by atoms with van der Waals surface area (Å²) in [6.07, 6.45) is -2.15. The first kappa shape index (κ1) is 39.6. The number of ketones is 2. The van der Waals surface area contributed by atoms with Gasteiger partial charge in [0.2, 0.25) is 5.78 Å². The zero-order valence-corrected chi connectivity index (χ0v) is 31.6. The summed E-state index contributed by atoms with van der Waals surface area (Å²) in [7, 11) is 1.12. The van der Waals surface area contributed by atoms with Gasteiger partial charge < -0.3 is 58.7 Å². The lowest BCUT2D eigenvalue weighted by Gasteiger charge is -2.45. The predicted molar refractivity (Wildman–Crippen MR) is 190 cm³/mol. The molecule has 5 N–H and O–H groups in total. The number of aliphatic hydroxyl groups is 2. The fraction of sp³-hybridized carbons (Fsp3) is 0.625. The fourth-order valence-corrected chi connectivity index (χ4v) is 8.81. The molecule has 2 aromatic rings. The van der Waals surface area contributed by atoms with E-state index in [4.69, 9.17) is 33.2 Å². The molecule has 12 atom stereocenters. The van der Waals surface area contributed by atoms with Crippen molar-refractivity contribution in [3.63, 3.8) is 0 Å². The molecule has 0 saturated carbocycles. The zero-order valence-electron chi connectivity index (χ0n) is 31.6. The first-order valence-corrected chi connectivity index (χ1v) is 19.1. The van der Waals surface area contributed by atoms with Crippen LogP contribution in [0, 0.1) is 0 Å². The predicted octanol–water partition coefficient (Wildman–Crippen LogP) is 4.14. The van der Waals surface area contributed by atoms with Crippen LogP contribution >= 0.6 is 0 Å². The van der Waals surface area contributed by atoms with Crippen molar-refractivity contribution >= 4 is 17.5 Å². The number of carbonyl (C=O) groups is 3. The molecular weight excluding hydrogens is 720 g/mol. The van der Waals surface area contributed by atoms with Gasteiger partial charge in [0.1, 0.15) is 23.2 Å². The van der Waals surface area contributed by atoms with Gasteiger partial charge in [-0.2, -0.15) is 0 Å². The van der Waals surface area contributed by atoms with Crippen LogP contribution in [0.4, 0.5) is 0 Å². The molecule has 300 valence electrons. The van der Waals surface area contributed by atoms with E-state index in [1.165, 1.54) is 18.2 Å². The van der Waals surface area contributed by atoms with Crippen molar-refractivity contribution in [3.8, 4) is 17.2 Å². The second kappa shape index (κ2) is 15.3. The Bertz CT molecular complexity index is 1830. The summed E-state index contributed by atoms with van der Waals surface area (Å²) in [5.41, 5.74) is -3.94. The summed E-state index contributed by atoms with van der Waals surface area (Å²) in [6, 6.07) is 3.91. The van der Waals surface area contributed by atoms with Crippen molar-refractivity contribution in [3.05, 3.63) is 51.6 Å². The maximum absolute atomic E-state index is 13.8. The minimum atomic E-state index is -1.87. The average molecular weight is 771 g/mol. The maximum Gasteiger partial charge on any atom is 0.316 e. The Morgan fingerprint density at radius 2 is 1.31 bits per heavy atom. The number of benzene rings is 2. The summed E-state index contributed by atoms with van der Waals surface area (Å²) in [6.45, 7) is 7.21. The molecule has 15 heteroatoms. The minimum absolute atomic E-state index is 0.00753. The van der Waals surface area contributed by atoms with Gasteiger partial charge in [-0.25, -0.2) is 0 Å². The summed E-state index contributed by atoms with van der Waals surface area (Å²) in [5, 5.41) is 56.2. The van der Waals surface area contributed by atoms with Crippen LogP contribution in [0.2, 0.25) is 0 Å². The number of phenols is 3. The number of methoxy groups -OCH3 is 1. The summed E-state index contributed by atoms with van der Waals surface area (Å²) >= 11 is 0.